The number of aliphatic carboxylic acids is 2. The number of nitrogens with two attached hydrogens (primary N) is 2. The molecule has 10 atom stereocenters. The molecule has 1 fully saturated rings. The summed E-state index contributed by atoms with van der Waals surface area (Å²) in [6.45, 7) is 11.3. The van der Waals surface area contributed by atoms with Crippen LogP contribution in [0.2, 0.25) is 0 Å². The van der Waals surface area contributed by atoms with Gasteiger partial charge in [-0.2, -0.15) is 0 Å². The number of benzene rings is 2. The van der Waals surface area contributed by atoms with Crippen molar-refractivity contribution < 1.29 is 63.2 Å². The molecule has 0 unspecified atom stereocenters. The van der Waals surface area contributed by atoms with E-state index in [1.807, 2.05) is 43.3 Å². The molecule has 408 valence electrons. The number of carboxylic acid groups (broad SMARTS) is 2. The highest BCUT2D eigenvalue weighted by molar-refractivity contribution is 6.00. The fourth-order valence-electron chi connectivity index (χ4n) is 7.83. The first-order chi connectivity index (χ1) is 35.3. The van der Waals surface area contributed by atoms with Crippen LogP contribution in [0.5, 0.6) is 5.75 Å². The molecule has 0 radical (unpaired) electrons. The van der Waals surface area contributed by atoms with E-state index in [1.54, 1.807) is 20.1 Å². The number of aliphatic imine (C=N–C) groups is 1. The molecule has 7 amide bonds. The molecule has 0 bridgehead atoms. The molecule has 75 heavy (non-hydrogen) atoms. The first-order valence-corrected chi connectivity index (χ1v) is 24.3. The third-order valence-electron chi connectivity index (χ3n) is 12.6. The molecule has 2 aromatic carbocycles. The smallest absolute Gasteiger partial charge is 0.327 e. The summed E-state index contributed by atoms with van der Waals surface area (Å²) in [6.07, 6.45) is 4.20. The summed E-state index contributed by atoms with van der Waals surface area (Å²) in [5, 5.41) is 45.4. The van der Waals surface area contributed by atoms with Crippen LogP contribution in [0.15, 0.2) is 95.7 Å². The van der Waals surface area contributed by atoms with Gasteiger partial charge in [-0.25, -0.2) is 9.59 Å². The average molecular weight is 1050 g/mol. The largest absolute Gasteiger partial charge is 0.508 e. The lowest BCUT2D eigenvalue weighted by atomic mass is 9.94. The molecule has 0 aliphatic carbocycles. The summed E-state index contributed by atoms with van der Waals surface area (Å²) in [4.78, 5) is 127. The van der Waals surface area contributed by atoms with Crippen molar-refractivity contribution in [3.8, 4) is 5.75 Å². The van der Waals surface area contributed by atoms with Gasteiger partial charge in [-0.05, 0) is 62.8 Å². The zero-order valence-electron chi connectivity index (χ0n) is 43.3. The number of nitrogens with zero attached hydrogens (tertiary/aromatic N) is 2. The molecular formula is C52H72N10O13. The Morgan fingerprint density at radius 2 is 1.43 bits per heavy atom. The number of likely N-dealkylation sites (N-methyl/N-ethyl adjacent to an activating group) is 1. The van der Waals surface area contributed by atoms with Gasteiger partial charge in [0.25, 0.3) is 5.91 Å². The second kappa shape index (κ2) is 29.6. The fourth-order valence-corrected chi connectivity index (χ4v) is 7.83. The van der Waals surface area contributed by atoms with Crippen LogP contribution in [0.4, 0.5) is 0 Å². The third kappa shape index (κ3) is 19.7. The van der Waals surface area contributed by atoms with Crippen LogP contribution in [0.25, 0.3) is 0 Å². The quantitative estimate of drug-likeness (QED) is 0.0381. The van der Waals surface area contributed by atoms with Gasteiger partial charge in [0.15, 0.2) is 5.96 Å². The van der Waals surface area contributed by atoms with Crippen molar-refractivity contribution in [2.75, 3.05) is 20.7 Å². The van der Waals surface area contributed by atoms with E-state index in [4.69, 9.17) is 16.2 Å². The average Bonchev–Trinajstić information content (AvgIpc) is 3.36. The summed E-state index contributed by atoms with van der Waals surface area (Å²) in [7, 11) is 2.80. The highest BCUT2D eigenvalue weighted by Gasteiger charge is 2.37. The number of rotatable bonds is 15. The summed E-state index contributed by atoms with van der Waals surface area (Å²) in [5.74, 6) is -13.0. The SMILES string of the molecule is C=C1C(=O)N[C@H](C)C(=O)N[C@H](Cc2ccc(O)cc2)C(=O)N[C@@H](C(=O)O)[C@H](C)C(=O)N[C@@H](CCCN=C(N)N)C(=O)N[C@@H](/C=C/C(C)=C/[C@H](C)[C@H](Cc2ccccc2)OC)[C@H](C)C(=O)N[C@@H](C(=O)O)CCC(=O)N1C. The Bertz CT molecular complexity index is 2460. The number of methoxy groups -OCH3 is 1. The van der Waals surface area contributed by atoms with Gasteiger partial charge < -0.3 is 68.3 Å². The standard InChI is InChI=1S/C52H72N10O13/c1-28(25-29(2)41(75-8)27-34-13-10-9-11-14-34)16-21-37-30(3)44(65)59-39(50(71)72)22-23-42(64)62(7)33(6)47(68)56-32(5)46(67)60-40(26-35-17-19-36(63)20-18-35)49(70)61-43(51(73)74)31(4)45(66)58-38(48(69)57-37)15-12-24-55-52(53)54/h9-11,13-14,16-21,25,29-32,37-41,43,63H,6,12,15,22-24,26-27H2,1-5,7-8H3,(H,56,68)(H,57,69)(H,58,66)(H,59,65)(H,60,67)(H,61,70)(H,71,72)(H,73,74)(H4,53,54,55)/b21-16+,28-25+/t29-,30-,31-,32+,37-,38-,39+,40+,41-,43+/m0/s1. The molecule has 23 nitrogen and oxygen atoms in total. The van der Waals surface area contributed by atoms with Crippen LogP contribution < -0.4 is 43.4 Å². The third-order valence-corrected chi connectivity index (χ3v) is 12.6. The lowest BCUT2D eigenvalue weighted by Crippen LogP contribution is -2.59. The number of phenolic OH excluding ortho intramolecular Hbond substituents is 1. The van der Waals surface area contributed by atoms with Crippen molar-refractivity contribution in [3.63, 3.8) is 0 Å². The van der Waals surface area contributed by atoms with Gasteiger partial charge >= 0.3 is 11.9 Å². The number of ether oxygens (including phenoxy) is 1. The van der Waals surface area contributed by atoms with Crippen molar-refractivity contribution in [2.24, 2.45) is 34.2 Å². The molecule has 2 aromatic rings. The van der Waals surface area contributed by atoms with E-state index in [0.29, 0.717) is 17.6 Å². The number of carbonyl (C=O) groups is 9. The Hall–Kier alpha value is -8.08. The van der Waals surface area contributed by atoms with Crippen LogP contribution in [-0.2, 0) is 60.7 Å². The zero-order chi connectivity index (χ0) is 56.1. The Morgan fingerprint density at radius 1 is 0.813 bits per heavy atom. The predicted molar refractivity (Wildman–Crippen MR) is 277 cm³/mol. The van der Waals surface area contributed by atoms with E-state index in [1.165, 1.54) is 58.2 Å². The lowest BCUT2D eigenvalue weighted by Gasteiger charge is -2.28. The van der Waals surface area contributed by atoms with Gasteiger partial charge in [0.1, 0.15) is 41.7 Å². The van der Waals surface area contributed by atoms with Gasteiger partial charge in [0.2, 0.25) is 35.4 Å². The number of amides is 7. The molecule has 1 saturated heterocycles. The monoisotopic (exact) mass is 1040 g/mol. The molecule has 13 N–H and O–H groups in total. The zero-order valence-corrected chi connectivity index (χ0v) is 43.3. The minimum Gasteiger partial charge on any atom is -0.508 e. The van der Waals surface area contributed by atoms with E-state index in [2.05, 4.69) is 43.5 Å². The van der Waals surface area contributed by atoms with Gasteiger partial charge in [-0.1, -0.05) is 93.6 Å². The number of aromatic hydroxyl groups is 1. The number of phenols is 1. The normalized spacial score (nSPS) is 24.5. The summed E-state index contributed by atoms with van der Waals surface area (Å²) in [5.41, 5.74) is 12.7. The minimum atomic E-state index is -1.96. The Labute approximate surface area is 436 Å². The number of hydrogen-bond acceptors (Lipinski definition) is 12. The summed E-state index contributed by atoms with van der Waals surface area (Å²) >= 11 is 0. The molecule has 0 aromatic heterocycles. The molecule has 0 spiro atoms. The van der Waals surface area contributed by atoms with Crippen molar-refractivity contribution in [3.05, 3.63) is 102 Å². The molecule has 0 saturated carbocycles. The van der Waals surface area contributed by atoms with Gasteiger partial charge in [0, 0.05) is 39.5 Å². The highest BCUT2D eigenvalue weighted by Crippen LogP contribution is 2.19. The van der Waals surface area contributed by atoms with Crippen LogP contribution in [0.3, 0.4) is 0 Å². The topological polar surface area (TPSA) is 363 Å². The van der Waals surface area contributed by atoms with Crippen molar-refractivity contribution in [1.29, 1.82) is 0 Å². The number of carbonyl (C=O) groups excluding carboxylic acids is 7. The minimum absolute atomic E-state index is 0.00181. The molecule has 3 rings (SSSR count). The Balaban J connectivity index is 2.14. The summed E-state index contributed by atoms with van der Waals surface area (Å²) < 4.78 is 5.82. The summed E-state index contributed by atoms with van der Waals surface area (Å²) in [6, 6.07) is 6.06. The van der Waals surface area contributed by atoms with Crippen molar-refractivity contribution in [2.45, 2.75) is 115 Å². The maximum absolute atomic E-state index is 14.4. The molecule has 1 aliphatic rings. The van der Waals surface area contributed by atoms with Gasteiger partial charge in [-0.3, -0.25) is 38.6 Å². The first kappa shape index (κ1) is 61.2. The van der Waals surface area contributed by atoms with Crippen LogP contribution >= 0.6 is 0 Å². The number of guanidine groups is 1. The molecule has 1 heterocycles. The maximum Gasteiger partial charge on any atom is 0.327 e. The van der Waals surface area contributed by atoms with E-state index < -0.39 is 120 Å². The number of nitrogens with one attached hydrogen (secondary N) is 6. The maximum atomic E-state index is 14.4. The molecular weight excluding hydrogens is 973 g/mol. The van der Waals surface area contributed by atoms with Gasteiger partial charge in [0.05, 0.1) is 24.0 Å². The van der Waals surface area contributed by atoms with Crippen LogP contribution in [0.1, 0.15) is 71.4 Å². The highest BCUT2D eigenvalue weighted by atomic mass is 16.5. The molecule has 1 aliphatic heterocycles. The second-order valence-corrected chi connectivity index (χ2v) is 18.5. The fraction of sp³-hybridized carbons (Fsp3) is 0.462. The Morgan fingerprint density at radius 3 is 2.03 bits per heavy atom. The Kier molecular flexibility index (Phi) is 24.1. The van der Waals surface area contributed by atoms with Crippen LogP contribution in [0, 0.1) is 17.8 Å². The first-order valence-electron chi connectivity index (χ1n) is 24.3. The number of hydrogen-bond donors (Lipinski definition) is 11. The van der Waals surface area contributed by atoms with Crippen molar-refractivity contribution in [1.82, 2.24) is 36.8 Å². The number of carboxylic acids is 2. The van der Waals surface area contributed by atoms with E-state index in [-0.39, 0.29) is 49.5 Å². The van der Waals surface area contributed by atoms with Crippen molar-refractivity contribution >= 4 is 59.2 Å². The van der Waals surface area contributed by atoms with E-state index in [9.17, 15) is 58.5 Å². The number of allylic oxidation sites excluding steroid dienone is 2. The van der Waals surface area contributed by atoms with Crippen LogP contribution in [-0.4, -0.2) is 143 Å². The van der Waals surface area contributed by atoms with Gasteiger partial charge in [-0.15, -0.1) is 0 Å². The predicted octanol–water partition coefficient (Wildman–Crippen LogP) is 0.521. The second-order valence-electron chi connectivity index (χ2n) is 18.5. The lowest BCUT2D eigenvalue weighted by molar-refractivity contribution is -0.146. The molecule has 23 heteroatoms. The van der Waals surface area contributed by atoms with E-state index in [0.717, 1.165) is 10.5 Å². The van der Waals surface area contributed by atoms with E-state index >= 15 is 0 Å².